The van der Waals surface area contributed by atoms with Gasteiger partial charge in [0.05, 0.1) is 16.1 Å². The monoisotopic (exact) mass is 410 g/mol. The largest absolute Gasteiger partial charge is 0.454 e. The molecule has 0 unspecified atom stereocenters. The fraction of sp³-hybridized carbons (Fsp3) is 0.333. The molecule has 29 heavy (non-hydrogen) atoms. The van der Waals surface area contributed by atoms with E-state index in [4.69, 9.17) is 4.74 Å². The summed E-state index contributed by atoms with van der Waals surface area (Å²) in [6, 6.07) is 10.1. The van der Waals surface area contributed by atoms with E-state index in [1.165, 1.54) is 21.1 Å². The first kappa shape index (κ1) is 18.1. The van der Waals surface area contributed by atoms with Crippen LogP contribution in [0.3, 0.4) is 0 Å². The number of anilines is 1. The van der Waals surface area contributed by atoms with E-state index in [9.17, 15) is 19.2 Å². The molecule has 7 nitrogen and oxygen atoms in total. The van der Waals surface area contributed by atoms with Gasteiger partial charge in [0.1, 0.15) is 0 Å². The predicted molar refractivity (Wildman–Crippen MR) is 105 cm³/mol. The minimum atomic E-state index is -1.51. The van der Waals surface area contributed by atoms with Crippen molar-refractivity contribution in [2.75, 3.05) is 11.5 Å². The number of carbonyl (C=O) groups excluding carboxylic acids is 4. The molecule has 1 aliphatic carbocycles. The second kappa shape index (κ2) is 6.52. The van der Waals surface area contributed by atoms with E-state index >= 15 is 0 Å². The number of carbonyl (C=O) groups is 4. The van der Waals surface area contributed by atoms with Gasteiger partial charge < -0.3 is 9.64 Å². The lowest BCUT2D eigenvalue weighted by Crippen LogP contribution is -2.69. The van der Waals surface area contributed by atoms with Crippen LogP contribution in [0.25, 0.3) is 0 Å². The Morgan fingerprint density at radius 2 is 1.93 bits per heavy atom. The Morgan fingerprint density at radius 3 is 2.66 bits per heavy atom. The number of nitrogens with zero attached hydrogens (tertiary/aromatic N) is 2. The number of hydrogen-bond acceptors (Lipinski definition) is 6. The van der Waals surface area contributed by atoms with Gasteiger partial charge in [-0.1, -0.05) is 18.2 Å². The van der Waals surface area contributed by atoms with Gasteiger partial charge in [-0.2, -0.15) is 0 Å². The normalized spacial score (nSPS) is 23.0. The van der Waals surface area contributed by atoms with Crippen molar-refractivity contribution in [1.82, 2.24) is 4.90 Å². The summed E-state index contributed by atoms with van der Waals surface area (Å²) >= 11 is 1.27. The van der Waals surface area contributed by atoms with Crippen molar-refractivity contribution in [2.24, 2.45) is 0 Å². The van der Waals surface area contributed by atoms with Crippen LogP contribution >= 0.6 is 11.3 Å². The first-order valence-corrected chi connectivity index (χ1v) is 10.4. The van der Waals surface area contributed by atoms with Crippen LogP contribution < -0.4 is 4.90 Å². The van der Waals surface area contributed by atoms with Crippen LogP contribution in [0, 0.1) is 0 Å². The van der Waals surface area contributed by atoms with Gasteiger partial charge in [0.25, 0.3) is 5.91 Å². The second-order valence-corrected chi connectivity index (χ2v) is 8.39. The average molecular weight is 410 g/mol. The van der Waals surface area contributed by atoms with Crippen LogP contribution in [0.5, 0.6) is 0 Å². The van der Waals surface area contributed by atoms with Crippen LogP contribution in [0.4, 0.5) is 5.69 Å². The van der Waals surface area contributed by atoms with Crippen LogP contribution in [-0.2, 0) is 14.3 Å². The summed E-state index contributed by atoms with van der Waals surface area (Å²) in [7, 11) is 0. The summed E-state index contributed by atoms with van der Waals surface area (Å²) in [5, 5.41) is 1.77. The summed E-state index contributed by atoms with van der Waals surface area (Å²) in [4.78, 5) is 55.2. The Bertz CT molecular complexity index is 1030. The quantitative estimate of drug-likeness (QED) is 0.559. The number of amides is 2. The van der Waals surface area contributed by atoms with Gasteiger partial charge in [0, 0.05) is 18.9 Å². The summed E-state index contributed by atoms with van der Waals surface area (Å²) in [5.41, 5.74) is -0.675. The number of benzene rings is 1. The van der Waals surface area contributed by atoms with Gasteiger partial charge in [0.15, 0.2) is 6.61 Å². The molecule has 0 radical (unpaired) electrons. The van der Waals surface area contributed by atoms with Crippen molar-refractivity contribution in [3.8, 4) is 0 Å². The van der Waals surface area contributed by atoms with Crippen molar-refractivity contribution in [3.05, 3.63) is 52.2 Å². The third-order valence-electron chi connectivity index (χ3n) is 5.67. The number of fused-ring (bicyclic) bond motifs is 3. The van der Waals surface area contributed by atoms with E-state index in [1.54, 1.807) is 41.8 Å². The molecule has 1 aromatic heterocycles. The number of Topliss-reactive ketones (excluding diaryl/α,β-unsaturated/α-hetero) is 1. The van der Waals surface area contributed by atoms with E-state index in [1.807, 2.05) is 0 Å². The topological polar surface area (TPSA) is 84.0 Å². The fourth-order valence-electron chi connectivity index (χ4n) is 4.27. The maximum atomic E-state index is 13.4. The van der Waals surface area contributed by atoms with Gasteiger partial charge in [-0.3, -0.25) is 19.3 Å². The number of rotatable bonds is 5. The number of esters is 1. The molecule has 1 atom stereocenters. The minimum absolute atomic E-state index is 0.107. The Balaban J connectivity index is 1.53. The summed E-state index contributed by atoms with van der Waals surface area (Å²) in [6.07, 6.45) is 1.85. The first-order valence-electron chi connectivity index (χ1n) is 9.54. The Morgan fingerprint density at radius 1 is 1.14 bits per heavy atom. The van der Waals surface area contributed by atoms with Crippen molar-refractivity contribution >= 4 is 40.6 Å². The number of para-hydroxylation sites is 1. The summed E-state index contributed by atoms with van der Waals surface area (Å²) < 4.78 is 5.42. The van der Waals surface area contributed by atoms with Crippen molar-refractivity contribution in [3.63, 3.8) is 0 Å². The Kier molecular flexibility index (Phi) is 4.06. The number of ether oxygens (including phenoxy) is 1. The molecule has 1 saturated heterocycles. The molecule has 3 heterocycles. The lowest BCUT2D eigenvalue weighted by atomic mass is 9.96. The second-order valence-electron chi connectivity index (χ2n) is 7.45. The number of ketones is 1. The molecule has 148 valence electrons. The molecule has 8 heteroatoms. The molecular formula is C21H18N2O5S. The van der Waals surface area contributed by atoms with Gasteiger partial charge in [-0.15, -0.1) is 11.3 Å². The zero-order valence-corrected chi connectivity index (χ0v) is 16.3. The molecule has 2 fully saturated rings. The smallest absolute Gasteiger partial charge is 0.354 e. The molecule has 1 saturated carbocycles. The Labute approximate surface area is 170 Å². The molecule has 2 aromatic rings. The van der Waals surface area contributed by atoms with Crippen molar-refractivity contribution in [1.29, 1.82) is 0 Å². The van der Waals surface area contributed by atoms with Gasteiger partial charge in [-0.25, -0.2) is 4.79 Å². The molecule has 0 spiro atoms. The summed E-state index contributed by atoms with van der Waals surface area (Å²) in [5.74, 6) is -1.52. The highest BCUT2D eigenvalue weighted by Gasteiger charge is 2.64. The van der Waals surface area contributed by atoms with Crippen molar-refractivity contribution in [2.45, 2.75) is 37.4 Å². The van der Waals surface area contributed by atoms with Crippen LogP contribution in [-0.4, -0.2) is 46.8 Å². The first-order chi connectivity index (χ1) is 14.0. The molecule has 0 N–H and O–H groups in total. The minimum Gasteiger partial charge on any atom is -0.454 e. The fourth-order valence-corrected chi connectivity index (χ4v) is 4.92. The van der Waals surface area contributed by atoms with E-state index in [2.05, 4.69) is 0 Å². The third kappa shape index (κ3) is 2.62. The van der Waals surface area contributed by atoms with Crippen LogP contribution in [0.2, 0.25) is 0 Å². The van der Waals surface area contributed by atoms with E-state index in [0.29, 0.717) is 16.1 Å². The highest BCUT2D eigenvalue weighted by molar-refractivity contribution is 7.12. The molecule has 2 aliphatic heterocycles. The SMILES string of the molecule is O=C(COC(=O)[C@]12CCC(=O)N1c1ccccc1C(=O)N2C1CC1)c1cccs1. The molecule has 1 aromatic carbocycles. The predicted octanol–water partition coefficient (Wildman–Crippen LogP) is 2.62. The lowest BCUT2D eigenvalue weighted by molar-refractivity contribution is -0.156. The van der Waals surface area contributed by atoms with Crippen LogP contribution in [0.1, 0.15) is 45.7 Å². The zero-order chi connectivity index (χ0) is 20.2. The van der Waals surface area contributed by atoms with E-state index in [-0.39, 0.29) is 36.5 Å². The lowest BCUT2D eigenvalue weighted by Gasteiger charge is -2.48. The standard InChI is InChI=1S/C21H18N2O5S/c24-16(17-6-3-11-29-17)12-28-20(27)21-10-9-18(25)23(21)15-5-2-1-4-14(15)19(26)22(21)13-7-8-13/h1-6,11,13H,7-10,12H2/t21-/m0/s1. The zero-order valence-electron chi connectivity index (χ0n) is 15.5. The van der Waals surface area contributed by atoms with E-state index in [0.717, 1.165) is 12.8 Å². The number of thiophene rings is 1. The van der Waals surface area contributed by atoms with Gasteiger partial charge in [0.2, 0.25) is 17.4 Å². The molecule has 2 amide bonds. The number of hydrogen-bond donors (Lipinski definition) is 0. The average Bonchev–Trinajstić information content (AvgIpc) is 3.27. The van der Waals surface area contributed by atoms with Gasteiger partial charge >= 0.3 is 5.97 Å². The maximum absolute atomic E-state index is 13.4. The van der Waals surface area contributed by atoms with Gasteiger partial charge in [-0.05, 0) is 36.4 Å². The highest BCUT2D eigenvalue weighted by atomic mass is 32.1. The third-order valence-corrected chi connectivity index (χ3v) is 6.58. The van der Waals surface area contributed by atoms with Crippen LogP contribution in [0.15, 0.2) is 41.8 Å². The Hall–Kier alpha value is -3.00. The molecule has 3 aliphatic rings. The molecule has 0 bridgehead atoms. The maximum Gasteiger partial charge on any atom is 0.354 e. The van der Waals surface area contributed by atoms with E-state index < -0.39 is 18.2 Å². The highest BCUT2D eigenvalue weighted by Crippen LogP contribution is 2.49. The van der Waals surface area contributed by atoms with Crippen molar-refractivity contribution < 1.29 is 23.9 Å². The summed E-state index contributed by atoms with van der Waals surface area (Å²) in [6.45, 7) is -0.419. The molecular weight excluding hydrogens is 392 g/mol. The molecule has 5 rings (SSSR count).